The van der Waals surface area contributed by atoms with Gasteiger partial charge in [-0.25, -0.2) is 0 Å². The predicted octanol–water partition coefficient (Wildman–Crippen LogP) is 0.507. The Hall–Kier alpha value is -0.370. The molecule has 2 fully saturated rings. The van der Waals surface area contributed by atoms with Crippen molar-refractivity contribution >= 4 is 5.78 Å². The SMILES string of the molecule is O=C1CCC[C@@H]2O[C@@H]12. The Morgan fingerprint density at radius 2 is 2.50 bits per heavy atom. The Morgan fingerprint density at radius 3 is 3.12 bits per heavy atom. The molecule has 1 saturated heterocycles. The van der Waals surface area contributed by atoms with Crippen LogP contribution in [-0.4, -0.2) is 18.0 Å². The maximum atomic E-state index is 10.7. The van der Waals surface area contributed by atoms with Crippen molar-refractivity contribution < 1.29 is 9.53 Å². The predicted molar refractivity (Wildman–Crippen MR) is 27.5 cm³/mol. The highest BCUT2D eigenvalue weighted by Crippen LogP contribution is 2.33. The molecular formula is C6H8O2. The second-order valence-corrected chi connectivity index (χ2v) is 2.45. The van der Waals surface area contributed by atoms with Crippen LogP contribution in [0.3, 0.4) is 0 Å². The largest absolute Gasteiger partial charge is 0.361 e. The van der Waals surface area contributed by atoms with Crippen molar-refractivity contribution in [3.05, 3.63) is 0 Å². The molecule has 2 nitrogen and oxygen atoms in total. The van der Waals surface area contributed by atoms with Gasteiger partial charge < -0.3 is 4.74 Å². The second kappa shape index (κ2) is 1.32. The van der Waals surface area contributed by atoms with E-state index in [0.29, 0.717) is 11.9 Å². The number of carbonyl (C=O) groups is 1. The molecule has 1 aliphatic carbocycles. The van der Waals surface area contributed by atoms with Crippen molar-refractivity contribution in [2.75, 3.05) is 0 Å². The smallest absolute Gasteiger partial charge is 0.164 e. The number of epoxide rings is 1. The topological polar surface area (TPSA) is 29.6 Å². The van der Waals surface area contributed by atoms with Crippen molar-refractivity contribution in [3.63, 3.8) is 0 Å². The van der Waals surface area contributed by atoms with Gasteiger partial charge in [-0.1, -0.05) is 0 Å². The van der Waals surface area contributed by atoms with Gasteiger partial charge in [-0.2, -0.15) is 0 Å². The molecule has 1 aliphatic heterocycles. The molecule has 0 bridgehead atoms. The summed E-state index contributed by atoms with van der Waals surface area (Å²) in [6.07, 6.45) is 3.26. The van der Waals surface area contributed by atoms with E-state index in [0.717, 1.165) is 19.3 Å². The Bertz CT molecular complexity index is 130. The molecule has 44 valence electrons. The summed E-state index contributed by atoms with van der Waals surface area (Å²) < 4.78 is 5.04. The first-order valence-corrected chi connectivity index (χ1v) is 3.06. The molecule has 0 aromatic carbocycles. The lowest BCUT2D eigenvalue weighted by Gasteiger charge is -2.00. The van der Waals surface area contributed by atoms with Crippen molar-refractivity contribution in [1.82, 2.24) is 0 Å². The summed E-state index contributed by atoms with van der Waals surface area (Å²) in [6.45, 7) is 0. The number of ketones is 1. The zero-order valence-electron chi connectivity index (χ0n) is 4.59. The van der Waals surface area contributed by atoms with Crippen LogP contribution in [0.2, 0.25) is 0 Å². The van der Waals surface area contributed by atoms with Gasteiger partial charge in [-0.05, 0) is 12.8 Å². The molecule has 0 radical (unpaired) electrons. The molecule has 1 saturated carbocycles. The van der Waals surface area contributed by atoms with Gasteiger partial charge in [0.15, 0.2) is 5.78 Å². The Balaban J connectivity index is 2.08. The summed E-state index contributed by atoms with van der Waals surface area (Å²) in [6, 6.07) is 0. The van der Waals surface area contributed by atoms with E-state index in [4.69, 9.17) is 4.74 Å². The lowest BCUT2D eigenvalue weighted by Crippen LogP contribution is -2.14. The quantitative estimate of drug-likeness (QED) is 0.427. The Labute approximate surface area is 47.8 Å². The number of fused-ring (bicyclic) bond motifs is 1. The molecule has 0 spiro atoms. The zero-order valence-corrected chi connectivity index (χ0v) is 4.59. The molecule has 0 aromatic heterocycles. The lowest BCUT2D eigenvalue weighted by molar-refractivity contribution is -0.120. The molecule has 2 aliphatic rings. The molecular weight excluding hydrogens is 104 g/mol. The second-order valence-electron chi connectivity index (χ2n) is 2.45. The Kier molecular flexibility index (Phi) is 0.742. The average Bonchev–Trinajstić information content (AvgIpc) is 2.45. The van der Waals surface area contributed by atoms with Crippen LogP contribution in [0.5, 0.6) is 0 Å². The maximum absolute atomic E-state index is 10.7. The summed E-state index contributed by atoms with van der Waals surface area (Å²) in [7, 11) is 0. The average molecular weight is 112 g/mol. The van der Waals surface area contributed by atoms with Gasteiger partial charge in [0.1, 0.15) is 6.10 Å². The summed E-state index contributed by atoms with van der Waals surface area (Å²) in [5.74, 6) is 0.321. The molecule has 2 rings (SSSR count). The molecule has 0 N–H and O–H groups in total. The van der Waals surface area contributed by atoms with Crippen LogP contribution in [0.15, 0.2) is 0 Å². The highest BCUT2D eigenvalue weighted by atomic mass is 16.6. The molecule has 1 heterocycles. The highest BCUT2D eigenvalue weighted by molar-refractivity contribution is 5.86. The number of rotatable bonds is 0. The fourth-order valence-electron chi connectivity index (χ4n) is 1.27. The van der Waals surface area contributed by atoms with E-state index in [-0.39, 0.29) is 6.10 Å². The fourth-order valence-corrected chi connectivity index (χ4v) is 1.27. The molecule has 0 unspecified atom stereocenters. The van der Waals surface area contributed by atoms with Crippen LogP contribution in [0.25, 0.3) is 0 Å². The number of hydrogen-bond acceptors (Lipinski definition) is 2. The number of Topliss-reactive ketones (excluding diaryl/α,β-unsaturated/α-hetero) is 1. The van der Waals surface area contributed by atoms with Crippen molar-refractivity contribution in [1.29, 1.82) is 0 Å². The Morgan fingerprint density at radius 1 is 1.62 bits per heavy atom. The van der Waals surface area contributed by atoms with Gasteiger partial charge in [-0.3, -0.25) is 4.79 Å². The number of hydrogen-bond donors (Lipinski definition) is 0. The molecule has 2 heteroatoms. The first-order valence-electron chi connectivity index (χ1n) is 3.06. The minimum Gasteiger partial charge on any atom is -0.361 e. The summed E-state index contributed by atoms with van der Waals surface area (Å²) in [5.41, 5.74) is 0. The van der Waals surface area contributed by atoms with Crippen molar-refractivity contribution in [2.45, 2.75) is 31.5 Å². The highest BCUT2D eigenvalue weighted by Gasteiger charge is 2.46. The van der Waals surface area contributed by atoms with Crippen LogP contribution in [0.1, 0.15) is 19.3 Å². The van der Waals surface area contributed by atoms with Crippen LogP contribution in [0.4, 0.5) is 0 Å². The standard InChI is InChI=1S/C6H8O2/c7-4-2-1-3-5-6(4)8-5/h5-6H,1-3H2/t5-,6-/m0/s1. The number of carbonyl (C=O) groups excluding carboxylic acids is 1. The molecule has 0 aromatic rings. The van der Waals surface area contributed by atoms with Crippen LogP contribution in [0, 0.1) is 0 Å². The first kappa shape index (κ1) is 4.50. The number of ether oxygens (including phenoxy) is 1. The third-order valence-electron chi connectivity index (χ3n) is 1.81. The third kappa shape index (κ3) is 0.494. The normalized spacial score (nSPS) is 43.8. The first-order chi connectivity index (χ1) is 3.88. The minimum absolute atomic E-state index is 0.0312. The van der Waals surface area contributed by atoms with E-state index in [1.165, 1.54) is 0 Å². The van der Waals surface area contributed by atoms with E-state index in [9.17, 15) is 4.79 Å². The third-order valence-corrected chi connectivity index (χ3v) is 1.81. The van der Waals surface area contributed by atoms with E-state index in [1.807, 2.05) is 0 Å². The van der Waals surface area contributed by atoms with Gasteiger partial charge in [0.05, 0.1) is 6.10 Å². The minimum atomic E-state index is 0.0312. The molecule has 8 heavy (non-hydrogen) atoms. The van der Waals surface area contributed by atoms with Crippen molar-refractivity contribution in [3.8, 4) is 0 Å². The lowest BCUT2D eigenvalue weighted by atomic mass is 10.00. The van der Waals surface area contributed by atoms with Crippen molar-refractivity contribution in [2.24, 2.45) is 0 Å². The van der Waals surface area contributed by atoms with Gasteiger partial charge in [0.2, 0.25) is 0 Å². The van der Waals surface area contributed by atoms with Crippen LogP contribution < -0.4 is 0 Å². The monoisotopic (exact) mass is 112 g/mol. The van der Waals surface area contributed by atoms with E-state index in [1.54, 1.807) is 0 Å². The summed E-state index contributed by atoms with van der Waals surface area (Å²) in [5, 5.41) is 0. The van der Waals surface area contributed by atoms with E-state index >= 15 is 0 Å². The van der Waals surface area contributed by atoms with Crippen LogP contribution >= 0.6 is 0 Å². The zero-order chi connectivity index (χ0) is 5.56. The van der Waals surface area contributed by atoms with E-state index in [2.05, 4.69) is 0 Å². The molecule has 2 atom stereocenters. The van der Waals surface area contributed by atoms with Gasteiger partial charge in [0.25, 0.3) is 0 Å². The van der Waals surface area contributed by atoms with Gasteiger partial charge >= 0.3 is 0 Å². The maximum Gasteiger partial charge on any atom is 0.164 e. The van der Waals surface area contributed by atoms with Gasteiger partial charge in [-0.15, -0.1) is 0 Å². The van der Waals surface area contributed by atoms with Gasteiger partial charge in [0, 0.05) is 6.42 Å². The summed E-state index contributed by atoms with van der Waals surface area (Å²) in [4.78, 5) is 10.7. The van der Waals surface area contributed by atoms with Crippen LogP contribution in [-0.2, 0) is 9.53 Å². The van der Waals surface area contributed by atoms with E-state index < -0.39 is 0 Å². The fraction of sp³-hybridized carbons (Fsp3) is 0.833. The summed E-state index contributed by atoms with van der Waals surface area (Å²) >= 11 is 0. The molecule has 0 amide bonds.